The van der Waals surface area contributed by atoms with Crippen LogP contribution in [0.15, 0.2) is 66.9 Å². The van der Waals surface area contributed by atoms with Crippen LogP contribution in [0.1, 0.15) is 29.3 Å². The first-order chi connectivity index (χ1) is 15.4. The number of aliphatic carboxylic acids is 1. The smallest absolute Gasteiger partial charge is 0.310 e. The normalized spacial score (nSPS) is 18.4. The average Bonchev–Trinajstić information content (AvgIpc) is 3.18. The van der Waals surface area contributed by atoms with E-state index in [1.165, 1.54) is 0 Å². The molecule has 6 nitrogen and oxygen atoms in total. The van der Waals surface area contributed by atoms with Gasteiger partial charge in [-0.1, -0.05) is 60.1 Å². The van der Waals surface area contributed by atoms with Crippen LogP contribution in [0.5, 0.6) is 0 Å². The van der Waals surface area contributed by atoms with Gasteiger partial charge in [0.1, 0.15) is 5.82 Å². The van der Waals surface area contributed by atoms with Crippen LogP contribution in [0, 0.1) is 5.41 Å². The first kappa shape index (κ1) is 22.0. The van der Waals surface area contributed by atoms with Gasteiger partial charge in [-0.15, -0.1) is 0 Å². The van der Waals surface area contributed by atoms with Gasteiger partial charge in [0, 0.05) is 24.8 Å². The Labute approximate surface area is 191 Å². The number of likely N-dealkylation sites (tertiary alicyclic amines) is 1. The van der Waals surface area contributed by atoms with E-state index in [0.29, 0.717) is 35.9 Å². The molecular weight excluding hydrogens is 426 g/mol. The van der Waals surface area contributed by atoms with Crippen molar-refractivity contribution in [3.8, 4) is 11.1 Å². The molecule has 1 aliphatic heterocycles. The molecule has 7 heteroatoms. The highest BCUT2D eigenvalue weighted by Crippen LogP contribution is 2.32. The molecule has 164 valence electrons. The zero-order valence-electron chi connectivity index (χ0n) is 17.7. The summed E-state index contributed by atoms with van der Waals surface area (Å²) in [6.45, 7) is 3.65. The number of carboxylic acid groups (broad SMARTS) is 1. The Bertz CT molecular complexity index is 1130. The Kier molecular flexibility index (Phi) is 6.26. The molecule has 2 heterocycles. The maximum Gasteiger partial charge on any atom is 0.310 e. The number of hydrogen-bond donors (Lipinski definition) is 2. The molecule has 0 aliphatic carbocycles. The lowest BCUT2D eigenvalue weighted by Crippen LogP contribution is -2.31. The standard InChI is InChI=1S/C25H24ClN3O3/c1-25(24(31)32)12-13-29(16-25)15-17-10-11-21(27-14-17)28-23(30)20-9-5-8-19(22(20)26)18-6-3-2-4-7-18/h2-11,14H,12-13,15-16H2,1H3,(H,31,32)(H,27,28,30). The van der Waals surface area contributed by atoms with Crippen molar-refractivity contribution in [2.75, 3.05) is 18.4 Å². The Balaban J connectivity index is 1.42. The maximum absolute atomic E-state index is 12.8. The van der Waals surface area contributed by atoms with E-state index in [2.05, 4.69) is 15.2 Å². The number of nitrogens with one attached hydrogen (secondary N) is 1. The highest BCUT2D eigenvalue weighted by Gasteiger charge is 2.40. The number of carboxylic acids is 1. The van der Waals surface area contributed by atoms with Crippen LogP contribution in [0.2, 0.25) is 5.02 Å². The number of amides is 1. The van der Waals surface area contributed by atoms with Gasteiger partial charge in [0.2, 0.25) is 0 Å². The zero-order chi connectivity index (χ0) is 22.7. The highest BCUT2D eigenvalue weighted by atomic mass is 35.5. The van der Waals surface area contributed by atoms with Crippen molar-refractivity contribution in [3.63, 3.8) is 0 Å². The van der Waals surface area contributed by atoms with Crippen LogP contribution < -0.4 is 5.32 Å². The minimum Gasteiger partial charge on any atom is -0.481 e. The molecule has 1 saturated heterocycles. The summed E-state index contributed by atoms with van der Waals surface area (Å²) in [5.74, 6) is -0.660. The molecule has 1 aromatic heterocycles. The van der Waals surface area contributed by atoms with Crippen LogP contribution in [-0.4, -0.2) is 40.0 Å². The Morgan fingerprint density at radius 2 is 1.91 bits per heavy atom. The topological polar surface area (TPSA) is 82.5 Å². The SMILES string of the molecule is CC1(C(=O)O)CCN(Cc2ccc(NC(=O)c3cccc(-c4ccccc4)c3Cl)nc2)C1. The number of nitrogens with zero attached hydrogens (tertiary/aromatic N) is 2. The van der Waals surface area contributed by atoms with E-state index in [9.17, 15) is 14.7 Å². The van der Waals surface area contributed by atoms with Crippen molar-refractivity contribution in [2.45, 2.75) is 19.9 Å². The third-order valence-electron chi connectivity index (χ3n) is 5.87. The fourth-order valence-electron chi connectivity index (χ4n) is 3.95. The maximum atomic E-state index is 12.8. The molecule has 0 bridgehead atoms. The molecule has 2 aromatic carbocycles. The summed E-state index contributed by atoms with van der Waals surface area (Å²) in [7, 11) is 0. The van der Waals surface area contributed by atoms with E-state index < -0.39 is 11.4 Å². The van der Waals surface area contributed by atoms with Gasteiger partial charge in [-0.2, -0.15) is 0 Å². The number of carbonyl (C=O) groups is 2. The predicted octanol–water partition coefficient (Wildman–Crippen LogP) is 4.95. The second-order valence-corrected chi connectivity index (χ2v) is 8.74. The molecule has 1 unspecified atom stereocenters. The van der Waals surface area contributed by atoms with Crippen LogP contribution in [0.3, 0.4) is 0 Å². The van der Waals surface area contributed by atoms with E-state index in [0.717, 1.165) is 23.2 Å². The molecule has 1 atom stereocenters. The molecule has 0 spiro atoms. The van der Waals surface area contributed by atoms with Crippen molar-refractivity contribution >= 4 is 29.3 Å². The van der Waals surface area contributed by atoms with Gasteiger partial charge >= 0.3 is 5.97 Å². The molecule has 2 N–H and O–H groups in total. The van der Waals surface area contributed by atoms with Crippen molar-refractivity contribution in [3.05, 3.63) is 83.0 Å². The number of pyridine rings is 1. The van der Waals surface area contributed by atoms with Crippen molar-refractivity contribution in [2.24, 2.45) is 5.41 Å². The van der Waals surface area contributed by atoms with Gasteiger partial charge in [-0.25, -0.2) is 4.98 Å². The molecule has 32 heavy (non-hydrogen) atoms. The summed E-state index contributed by atoms with van der Waals surface area (Å²) >= 11 is 6.54. The molecule has 3 aromatic rings. The van der Waals surface area contributed by atoms with E-state index in [1.54, 1.807) is 31.3 Å². The zero-order valence-corrected chi connectivity index (χ0v) is 18.5. The summed E-state index contributed by atoms with van der Waals surface area (Å²) in [4.78, 5) is 30.7. The monoisotopic (exact) mass is 449 g/mol. The summed E-state index contributed by atoms with van der Waals surface area (Å²) in [6, 6.07) is 18.7. The fourth-order valence-corrected chi connectivity index (χ4v) is 4.27. The third kappa shape index (κ3) is 4.66. The number of rotatable bonds is 6. The fraction of sp³-hybridized carbons (Fsp3) is 0.240. The number of halogens is 1. The lowest BCUT2D eigenvalue weighted by molar-refractivity contribution is -0.147. The minimum atomic E-state index is -0.758. The lowest BCUT2D eigenvalue weighted by Gasteiger charge is -2.20. The molecule has 1 aliphatic rings. The molecule has 0 saturated carbocycles. The van der Waals surface area contributed by atoms with Crippen LogP contribution in [-0.2, 0) is 11.3 Å². The van der Waals surface area contributed by atoms with E-state index in [1.807, 2.05) is 42.5 Å². The van der Waals surface area contributed by atoms with E-state index in [-0.39, 0.29) is 5.91 Å². The number of benzene rings is 2. The average molecular weight is 450 g/mol. The van der Waals surface area contributed by atoms with Crippen molar-refractivity contribution in [1.29, 1.82) is 0 Å². The summed E-state index contributed by atoms with van der Waals surface area (Å²) < 4.78 is 0. The largest absolute Gasteiger partial charge is 0.481 e. The van der Waals surface area contributed by atoms with Gasteiger partial charge in [-0.05, 0) is 43.1 Å². The quantitative estimate of drug-likeness (QED) is 0.556. The molecule has 1 fully saturated rings. The summed E-state index contributed by atoms with van der Waals surface area (Å²) in [5.41, 5.74) is 2.37. The Morgan fingerprint density at radius 1 is 1.12 bits per heavy atom. The van der Waals surface area contributed by atoms with Crippen molar-refractivity contribution in [1.82, 2.24) is 9.88 Å². The molecule has 1 amide bonds. The van der Waals surface area contributed by atoms with Gasteiger partial charge < -0.3 is 10.4 Å². The Hall–Kier alpha value is -3.22. The summed E-state index contributed by atoms with van der Waals surface area (Å²) in [5, 5.41) is 12.6. The first-order valence-corrected chi connectivity index (χ1v) is 10.8. The van der Waals surface area contributed by atoms with Gasteiger partial charge in [-0.3, -0.25) is 14.5 Å². The van der Waals surface area contributed by atoms with E-state index >= 15 is 0 Å². The molecule has 4 rings (SSSR count). The Morgan fingerprint density at radius 3 is 2.56 bits per heavy atom. The lowest BCUT2D eigenvalue weighted by atomic mass is 9.90. The van der Waals surface area contributed by atoms with Gasteiger partial charge in [0.05, 0.1) is 16.0 Å². The first-order valence-electron chi connectivity index (χ1n) is 10.4. The third-order valence-corrected chi connectivity index (χ3v) is 6.28. The molecular formula is C25H24ClN3O3. The van der Waals surface area contributed by atoms with Gasteiger partial charge in [0.15, 0.2) is 0 Å². The minimum absolute atomic E-state index is 0.329. The second kappa shape index (κ2) is 9.10. The number of carbonyl (C=O) groups excluding carboxylic acids is 1. The predicted molar refractivity (Wildman–Crippen MR) is 125 cm³/mol. The highest BCUT2D eigenvalue weighted by molar-refractivity contribution is 6.37. The van der Waals surface area contributed by atoms with Crippen molar-refractivity contribution < 1.29 is 14.7 Å². The number of aromatic nitrogens is 1. The van der Waals surface area contributed by atoms with Gasteiger partial charge in [0.25, 0.3) is 5.91 Å². The van der Waals surface area contributed by atoms with E-state index in [4.69, 9.17) is 11.6 Å². The molecule has 0 radical (unpaired) electrons. The second-order valence-electron chi connectivity index (χ2n) is 8.37. The van der Waals surface area contributed by atoms with Crippen LogP contribution in [0.4, 0.5) is 5.82 Å². The number of hydrogen-bond acceptors (Lipinski definition) is 4. The number of anilines is 1. The van der Waals surface area contributed by atoms with Crippen LogP contribution in [0.25, 0.3) is 11.1 Å². The van der Waals surface area contributed by atoms with Crippen LogP contribution >= 0.6 is 11.6 Å². The summed E-state index contributed by atoms with van der Waals surface area (Å²) in [6.07, 6.45) is 2.33.